The molecular weight excluding hydrogens is 248 g/mol. The number of nitrogens with one attached hydrogen (secondary N) is 2. The van der Waals surface area contributed by atoms with E-state index in [1.54, 1.807) is 12.1 Å². The van der Waals surface area contributed by atoms with Gasteiger partial charge in [0.15, 0.2) is 0 Å². The molecule has 0 heterocycles. The van der Waals surface area contributed by atoms with Crippen LogP contribution in [0.3, 0.4) is 0 Å². The Balaban J connectivity index is 1.97. The van der Waals surface area contributed by atoms with E-state index < -0.39 is 10.0 Å². The van der Waals surface area contributed by atoms with Crippen LogP contribution in [0.1, 0.15) is 31.7 Å². The molecule has 1 aromatic carbocycles. The molecule has 2 rings (SSSR count). The predicted molar refractivity (Wildman–Crippen MR) is 71.8 cm³/mol. The highest BCUT2D eigenvalue weighted by Gasteiger charge is 2.20. The van der Waals surface area contributed by atoms with Gasteiger partial charge in [0.25, 0.3) is 0 Å². The Morgan fingerprint density at radius 2 is 1.89 bits per heavy atom. The fourth-order valence-corrected chi connectivity index (χ4v) is 2.79. The second-order valence-electron chi connectivity index (χ2n) is 4.70. The largest absolute Gasteiger partial charge is 0.310 e. The molecule has 1 aromatic rings. The number of rotatable bonds is 7. The third kappa shape index (κ3) is 3.80. The standard InChI is InChI=1S/C13H20N2O2S/c1-2-9-15-18(16,17)13-7-3-11(4-8-13)10-14-12-5-6-12/h3-4,7-8,12,14-15H,2,5-6,9-10H2,1H3. The van der Waals surface area contributed by atoms with E-state index in [-0.39, 0.29) is 0 Å². The molecule has 1 aliphatic carbocycles. The first kappa shape index (κ1) is 13.5. The first-order chi connectivity index (χ1) is 8.62. The van der Waals surface area contributed by atoms with Crippen molar-refractivity contribution in [2.45, 2.75) is 43.7 Å². The normalized spacial score (nSPS) is 15.8. The van der Waals surface area contributed by atoms with Crippen LogP contribution < -0.4 is 10.0 Å². The zero-order valence-electron chi connectivity index (χ0n) is 10.6. The lowest BCUT2D eigenvalue weighted by atomic mass is 10.2. The van der Waals surface area contributed by atoms with E-state index in [0.29, 0.717) is 17.5 Å². The molecule has 0 unspecified atom stereocenters. The number of benzene rings is 1. The molecule has 0 bridgehead atoms. The van der Waals surface area contributed by atoms with Gasteiger partial charge in [-0.3, -0.25) is 0 Å². The summed E-state index contributed by atoms with van der Waals surface area (Å²) in [4.78, 5) is 0.339. The molecule has 5 heteroatoms. The van der Waals surface area contributed by atoms with Gasteiger partial charge in [-0.15, -0.1) is 0 Å². The van der Waals surface area contributed by atoms with E-state index in [1.807, 2.05) is 19.1 Å². The first-order valence-corrected chi connectivity index (χ1v) is 7.92. The molecule has 0 spiro atoms. The smallest absolute Gasteiger partial charge is 0.240 e. The Kier molecular flexibility index (Phi) is 4.37. The molecule has 1 fully saturated rings. The molecule has 100 valence electrons. The Labute approximate surface area is 109 Å². The van der Waals surface area contributed by atoms with Gasteiger partial charge in [0.05, 0.1) is 4.90 Å². The maximum Gasteiger partial charge on any atom is 0.240 e. The van der Waals surface area contributed by atoms with Crippen molar-refractivity contribution in [2.24, 2.45) is 0 Å². The van der Waals surface area contributed by atoms with Gasteiger partial charge in [0.2, 0.25) is 10.0 Å². The van der Waals surface area contributed by atoms with Crippen LogP contribution in [-0.2, 0) is 16.6 Å². The maximum absolute atomic E-state index is 11.9. The van der Waals surface area contributed by atoms with Crippen LogP contribution in [-0.4, -0.2) is 21.0 Å². The van der Waals surface area contributed by atoms with Crippen LogP contribution >= 0.6 is 0 Å². The van der Waals surface area contributed by atoms with Gasteiger partial charge < -0.3 is 5.32 Å². The summed E-state index contributed by atoms with van der Waals surface area (Å²) in [7, 11) is -3.33. The van der Waals surface area contributed by atoms with E-state index in [2.05, 4.69) is 10.0 Å². The third-order valence-electron chi connectivity index (χ3n) is 2.95. The van der Waals surface area contributed by atoms with Gasteiger partial charge in [-0.25, -0.2) is 13.1 Å². The first-order valence-electron chi connectivity index (χ1n) is 6.44. The monoisotopic (exact) mass is 268 g/mol. The Morgan fingerprint density at radius 3 is 2.44 bits per heavy atom. The van der Waals surface area contributed by atoms with Gasteiger partial charge in [-0.05, 0) is 37.0 Å². The zero-order valence-corrected chi connectivity index (χ0v) is 11.5. The summed E-state index contributed by atoms with van der Waals surface area (Å²) in [6.45, 7) is 3.23. The van der Waals surface area contributed by atoms with Crippen molar-refractivity contribution in [3.05, 3.63) is 29.8 Å². The highest BCUT2D eigenvalue weighted by Crippen LogP contribution is 2.19. The van der Waals surface area contributed by atoms with Gasteiger partial charge in [0.1, 0.15) is 0 Å². The van der Waals surface area contributed by atoms with Gasteiger partial charge in [-0.1, -0.05) is 19.1 Å². The summed E-state index contributed by atoms with van der Waals surface area (Å²) in [6, 6.07) is 7.75. The van der Waals surface area contributed by atoms with Crippen LogP contribution in [0.25, 0.3) is 0 Å². The van der Waals surface area contributed by atoms with Crippen LogP contribution in [0.5, 0.6) is 0 Å². The lowest BCUT2D eigenvalue weighted by molar-refractivity contribution is 0.580. The zero-order chi connectivity index (χ0) is 13.0. The molecule has 0 aromatic heterocycles. The summed E-state index contributed by atoms with van der Waals surface area (Å²) in [5, 5.41) is 3.40. The topological polar surface area (TPSA) is 58.2 Å². The fraction of sp³-hybridized carbons (Fsp3) is 0.538. The highest BCUT2D eigenvalue weighted by molar-refractivity contribution is 7.89. The summed E-state index contributed by atoms with van der Waals surface area (Å²) < 4.78 is 26.3. The van der Waals surface area contributed by atoms with Crippen molar-refractivity contribution < 1.29 is 8.42 Å². The molecule has 0 aliphatic heterocycles. The van der Waals surface area contributed by atoms with Crippen molar-refractivity contribution in [1.82, 2.24) is 10.0 Å². The van der Waals surface area contributed by atoms with Crippen molar-refractivity contribution in [3.63, 3.8) is 0 Å². The number of hydrogen-bond acceptors (Lipinski definition) is 3. The summed E-state index contributed by atoms with van der Waals surface area (Å²) >= 11 is 0. The summed E-state index contributed by atoms with van der Waals surface area (Å²) in [5.74, 6) is 0. The fourth-order valence-electron chi connectivity index (χ4n) is 1.66. The van der Waals surface area contributed by atoms with Crippen molar-refractivity contribution in [1.29, 1.82) is 0 Å². The van der Waals surface area contributed by atoms with Crippen LogP contribution in [0, 0.1) is 0 Å². The molecular formula is C13H20N2O2S. The lowest BCUT2D eigenvalue weighted by Crippen LogP contribution is -2.24. The number of sulfonamides is 1. The molecule has 2 N–H and O–H groups in total. The van der Waals surface area contributed by atoms with E-state index >= 15 is 0 Å². The van der Waals surface area contributed by atoms with Crippen LogP contribution in [0.15, 0.2) is 29.2 Å². The van der Waals surface area contributed by atoms with Crippen molar-refractivity contribution in [2.75, 3.05) is 6.54 Å². The van der Waals surface area contributed by atoms with Crippen LogP contribution in [0.2, 0.25) is 0 Å². The van der Waals surface area contributed by atoms with Crippen molar-refractivity contribution in [3.8, 4) is 0 Å². The molecule has 0 saturated heterocycles. The van der Waals surface area contributed by atoms with Gasteiger partial charge in [-0.2, -0.15) is 0 Å². The molecule has 0 amide bonds. The minimum Gasteiger partial charge on any atom is -0.310 e. The third-order valence-corrected chi connectivity index (χ3v) is 4.42. The molecule has 18 heavy (non-hydrogen) atoms. The van der Waals surface area contributed by atoms with Crippen molar-refractivity contribution >= 4 is 10.0 Å². The average molecular weight is 268 g/mol. The van der Waals surface area contributed by atoms with E-state index in [0.717, 1.165) is 18.5 Å². The minimum atomic E-state index is -3.33. The van der Waals surface area contributed by atoms with Crippen LogP contribution in [0.4, 0.5) is 0 Å². The minimum absolute atomic E-state index is 0.339. The second kappa shape index (κ2) is 5.82. The average Bonchev–Trinajstić information content (AvgIpc) is 3.18. The SMILES string of the molecule is CCCNS(=O)(=O)c1ccc(CNC2CC2)cc1. The molecule has 1 saturated carbocycles. The summed E-state index contributed by atoms with van der Waals surface area (Å²) in [6.07, 6.45) is 3.31. The van der Waals surface area contributed by atoms with Gasteiger partial charge >= 0.3 is 0 Å². The summed E-state index contributed by atoms with van der Waals surface area (Å²) in [5.41, 5.74) is 1.12. The van der Waals surface area contributed by atoms with E-state index in [1.165, 1.54) is 12.8 Å². The number of hydrogen-bond donors (Lipinski definition) is 2. The molecule has 4 nitrogen and oxygen atoms in total. The van der Waals surface area contributed by atoms with Gasteiger partial charge in [0, 0.05) is 19.1 Å². The molecule has 0 atom stereocenters. The molecule has 0 radical (unpaired) electrons. The van der Waals surface area contributed by atoms with E-state index in [4.69, 9.17) is 0 Å². The maximum atomic E-state index is 11.9. The highest BCUT2D eigenvalue weighted by atomic mass is 32.2. The predicted octanol–water partition coefficient (Wildman–Crippen LogP) is 1.63. The molecule has 1 aliphatic rings. The second-order valence-corrected chi connectivity index (χ2v) is 6.46. The quantitative estimate of drug-likeness (QED) is 0.790. The Bertz CT molecular complexity index is 478. The Morgan fingerprint density at radius 1 is 1.22 bits per heavy atom. The Hall–Kier alpha value is -0.910. The lowest BCUT2D eigenvalue weighted by Gasteiger charge is -2.07. The van der Waals surface area contributed by atoms with E-state index in [9.17, 15) is 8.42 Å².